The number of aromatic nitrogens is 3. The van der Waals surface area contributed by atoms with E-state index < -0.39 is 0 Å². The van der Waals surface area contributed by atoms with Gasteiger partial charge in [-0.2, -0.15) is 0 Å². The fraction of sp³-hybridized carbons (Fsp3) is 0.240. The maximum absolute atomic E-state index is 12.9. The number of rotatable bonds is 12. The standard InChI is InChI=1S/2C24H21N3O2.C17H16BrN3O.C9H11NO2.CH4/c2*28-24(17-4-2-1-3-5-17)19-6-7-20-16-26-23(21(20)14-19)18-8-9-25-22(15-18)27-10-12-29-13-11-27;18-14-2-1-13-11-20-17(15(13)10-14)12-3-4-19-16(9-12)21-5-7-22-8-6-21;1-10(12-2)9(11)8-6-4-3-5-7-8;/h2*1-9,14-15H,10-13,16H2;1-4,9-10H,5-8,11H2;3-7H,1-2H3;1H4. The number of anilines is 3. The van der Waals surface area contributed by atoms with Gasteiger partial charge in [-0.25, -0.2) is 20.0 Å². The topological polar surface area (TPSA) is 177 Å². The second-order valence-corrected chi connectivity index (χ2v) is 23.2. The summed E-state index contributed by atoms with van der Waals surface area (Å²) in [5.41, 5.74) is 16.4. The molecule has 3 aromatic heterocycles. The first-order chi connectivity index (χ1) is 45.1. The van der Waals surface area contributed by atoms with E-state index in [1.54, 1.807) is 19.2 Å². The molecule has 3 saturated heterocycles. The van der Waals surface area contributed by atoms with Gasteiger partial charge in [0.15, 0.2) is 11.6 Å². The average Bonchev–Trinajstić information content (AvgIpc) is 2.12. The molecule has 0 atom stereocenters. The van der Waals surface area contributed by atoms with Gasteiger partial charge in [-0.15, -0.1) is 0 Å². The molecule has 0 saturated carbocycles. The van der Waals surface area contributed by atoms with E-state index >= 15 is 0 Å². The lowest BCUT2D eigenvalue weighted by atomic mass is 9.95. The summed E-state index contributed by atoms with van der Waals surface area (Å²) in [4.78, 5) is 76.5. The van der Waals surface area contributed by atoms with Gasteiger partial charge in [0.25, 0.3) is 5.91 Å². The lowest BCUT2D eigenvalue weighted by molar-refractivity contribution is -0.0756. The quantitative estimate of drug-likeness (QED) is 0.0835. The third-order valence-corrected chi connectivity index (χ3v) is 17.0. The van der Waals surface area contributed by atoms with E-state index in [9.17, 15) is 14.4 Å². The van der Waals surface area contributed by atoms with Crippen molar-refractivity contribution in [2.45, 2.75) is 27.1 Å². The van der Waals surface area contributed by atoms with E-state index in [0.717, 1.165) is 163 Å². The molecular formula is C75H73BrN10O7. The average molecular weight is 1310 g/mol. The SMILES string of the molecule is Brc1ccc2c(c1)C(c1ccnc(N3CCOCC3)c1)=NC2.C.CON(C)C(=O)c1ccccc1.O=C(c1ccccc1)c1ccc2c(c1)C(c1ccnc(N3CCOCC3)c1)=NC2.O=C(c1ccccc1)c1ccc2c(c1)C(c1ccnc(N3CCOCC3)c1)=NC2. The molecule has 18 heteroatoms. The monoisotopic (exact) mass is 1300 g/mol. The predicted octanol–water partition coefficient (Wildman–Crippen LogP) is 12.0. The number of fused-ring (bicyclic) bond motifs is 3. The minimum absolute atomic E-state index is 0. The number of pyridine rings is 3. The molecule has 6 aromatic carbocycles. The van der Waals surface area contributed by atoms with Crippen LogP contribution in [0.5, 0.6) is 0 Å². The Morgan fingerprint density at radius 2 is 0.753 bits per heavy atom. The second kappa shape index (κ2) is 31.1. The van der Waals surface area contributed by atoms with Crippen LogP contribution in [-0.4, -0.2) is 148 Å². The third-order valence-electron chi connectivity index (χ3n) is 16.5. The van der Waals surface area contributed by atoms with E-state index in [1.165, 1.54) is 23.3 Å². The molecule has 6 aliphatic rings. The van der Waals surface area contributed by atoms with Crippen LogP contribution < -0.4 is 14.7 Å². The zero-order chi connectivity index (χ0) is 63.2. The molecule has 93 heavy (non-hydrogen) atoms. The van der Waals surface area contributed by atoms with Crippen molar-refractivity contribution >= 4 is 68.0 Å². The van der Waals surface area contributed by atoms with E-state index in [4.69, 9.17) is 34.0 Å². The van der Waals surface area contributed by atoms with Crippen LogP contribution in [0.1, 0.15) is 99.7 Å². The maximum atomic E-state index is 12.9. The highest BCUT2D eigenvalue weighted by molar-refractivity contribution is 9.10. The normalized spacial score (nSPS) is 15.1. The van der Waals surface area contributed by atoms with E-state index in [1.807, 2.05) is 152 Å². The summed E-state index contributed by atoms with van der Waals surface area (Å²) in [5, 5.41) is 1.19. The van der Waals surface area contributed by atoms with Crippen LogP contribution >= 0.6 is 15.9 Å². The number of hydroxylamine groups is 2. The molecule has 0 aliphatic carbocycles. The lowest BCUT2D eigenvalue weighted by Crippen LogP contribution is -2.36. The van der Waals surface area contributed by atoms with Gasteiger partial charge < -0.3 is 28.9 Å². The third kappa shape index (κ3) is 15.6. The Kier molecular flexibility index (Phi) is 21.7. The number of hydrogen-bond acceptors (Lipinski definition) is 16. The van der Waals surface area contributed by atoms with Crippen LogP contribution in [0, 0.1) is 0 Å². The highest BCUT2D eigenvalue weighted by Crippen LogP contribution is 2.31. The first kappa shape index (κ1) is 64.8. The largest absolute Gasteiger partial charge is 0.378 e. The number of hydrogen-bond donors (Lipinski definition) is 0. The van der Waals surface area contributed by atoms with Gasteiger partial charge >= 0.3 is 0 Å². The van der Waals surface area contributed by atoms with Crippen molar-refractivity contribution in [3.8, 4) is 0 Å². The molecule has 3 fully saturated rings. The van der Waals surface area contributed by atoms with E-state index in [0.29, 0.717) is 40.9 Å². The summed E-state index contributed by atoms with van der Waals surface area (Å²) in [6.07, 6.45) is 5.54. The number of ketones is 2. The zero-order valence-corrected chi connectivity index (χ0v) is 53.0. The molecule has 0 bridgehead atoms. The molecule has 6 aliphatic heterocycles. The van der Waals surface area contributed by atoms with Crippen LogP contribution in [0.25, 0.3) is 0 Å². The Morgan fingerprint density at radius 3 is 1.11 bits per heavy atom. The summed E-state index contributed by atoms with van der Waals surface area (Å²) in [7, 11) is 3.04. The summed E-state index contributed by atoms with van der Waals surface area (Å²) < 4.78 is 17.4. The lowest BCUT2D eigenvalue weighted by Gasteiger charge is -2.28. The van der Waals surface area contributed by atoms with Gasteiger partial charge in [0.2, 0.25) is 0 Å². The summed E-state index contributed by atoms with van der Waals surface area (Å²) >= 11 is 3.55. The first-order valence-corrected chi connectivity index (χ1v) is 31.6. The zero-order valence-electron chi connectivity index (χ0n) is 51.4. The fourth-order valence-electron chi connectivity index (χ4n) is 11.5. The van der Waals surface area contributed by atoms with Gasteiger partial charge in [-0.1, -0.05) is 133 Å². The van der Waals surface area contributed by atoms with Gasteiger partial charge in [-0.05, 0) is 89.5 Å². The van der Waals surface area contributed by atoms with Crippen LogP contribution in [0.4, 0.5) is 17.5 Å². The molecular weight excluding hydrogens is 1230 g/mol. The van der Waals surface area contributed by atoms with Crippen LogP contribution in [-0.2, 0) is 38.7 Å². The molecule has 9 heterocycles. The van der Waals surface area contributed by atoms with Crippen molar-refractivity contribution in [1.29, 1.82) is 0 Å². The van der Waals surface area contributed by atoms with Crippen molar-refractivity contribution in [1.82, 2.24) is 20.0 Å². The summed E-state index contributed by atoms with van der Waals surface area (Å²) in [5.74, 6) is 2.81. The van der Waals surface area contributed by atoms with Crippen molar-refractivity contribution in [2.24, 2.45) is 15.0 Å². The number of amides is 1. The van der Waals surface area contributed by atoms with Gasteiger partial charge in [0.05, 0.1) is 83.5 Å². The molecule has 1 amide bonds. The van der Waals surface area contributed by atoms with Crippen LogP contribution in [0.3, 0.4) is 0 Å². The van der Waals surface area contributed by atoms with Crippen molar-refractivity contribution < 1.29 is 33.4 Å². The van der Waals surface area contributed by atoms with Crippen molar-refractivity contribution in [3.05, 3.63) is 283 Å². The second-order valence-electron chi connectivity index (χ2n) is 22.3. The van der Waals surface area contributed by atoms with E-state index in [2.05, 4.69) is 82.0 Å². The minimum atomic E-state index is -0.141. The first-order valence-electron chi connectivity index (χ1n) is 30.8. The summed E-state index contributed by atoms with van der Waals surface area (Å²) in [6.45, 7) is 11.6. The Balaban J connectivity index is 0.000000131. The maximum Gasteiger partial charge on any atom is 0.277 e. The Labute approximate surface area is 551 Å². The Hall–Kier alpha value is -9.69. The number of carbonyl (C=O) groups is 3. The minimum Gasteiger partial charge on any atom is -0.378 e. The number of nitrogens with zero attached hydrogens (tertiary/aromatic N) is 10. The van der Waals surface area contributed by atoms with Crippen molar-refractivity contribution in [2.75, 3.05) is 108 Å². The fourth-order valence-corrected chi connectivity index (χ4v) is 11.9. The van der Waals surface area contributed by atoms with Crippen molar-refractivity contribution in [3.63, 3.8) is 0 Å². The van der Waals surface area contributed by atoms with Gasteiger partial charge in [0, 0.05) is 131 Å². The molecule has 15 rings (SSSR count). The van der Waals surface area contributed by atoms with Gasteiger partial charge in [0.1, 0.15) is 17.5 Å². The number of halogens is 1. The predicted molar refractivity (Wildman–Crippen MR) is 369 cm³/mol. The molecule has 0 N–H and O–H groups in total. The Morgan fingerprint density at radius 1 is 0.419 bits per heavy atom. The van der Waals surface area contributed by atoms with E-state index in [-0.39, 0.29) is 24.9 Å². The number of carbonyl (C=O) groups excluding carboxylic acids is 3. The number of morpholine rings is 3. The van der Waals surface area contributed by atoms with Crippen LogP contribution in [0.15, 0.2) is 220 Å². The number of ether oxygens (including phenoxy) is 3. The van der Waals surface area contributed by atoms with Crippen LogP contribution in [0.2, 0.25) is 0 Å². The van der Waals surface area contributed by atoms with Gasteiger partial charge in [-0.3, -0.25) is 34.2 Å². The molecule has 0 radical (unpaired) electrons. The highest BCUT2D eigenvalue weighted by atomic mass is 79.9. The summed E-state index contributed by atoms with van der Waals surface area (Å²) in [6, 6.07) is 58.3. The number of benzene rings is 6. The molecule has 17 nitrogen and oxygen atoms in total. The molecule has 0 unspecified atom stereocenters. The molecule has 472 valence electrons. The smallest absolute Gasteiger partial charge is 0.277 e. The molecule has 9 aromatic rings. The number of aliphatic imine (C=N–C) groups is 3. The molecule has 0 spiro atoms. The highest BCUT2D eigenvalue weighted by Gasteiger charge is 2.25. The Bertz CT molecular complexity index is 4010.